The summed E-state index contributed by atoms with van der Waals surface area (Å²) in [5.41, 5.74) is 9.63. The summed E-state index contributed by atoms with van der Waals surface area (Å²) in [5, 5.41) is 37.4. The molecule has 6 atom stereocenters. The number of aromatic amines is 1. The van der Waals surface area contributed by atoms with E-state index in [9.17, 15) is 85.7 Å². The summed E-state index contributed by atoms with van der Waals surface area (Å²) in [6.07, 6.45) is 4.22. The molecule has 3 fully saturated rings. The minimum Gasteiger partial charge on any atom is -0.496 e. The molecule has 3 unspecified atom stereocenters. The number of carboxylic acid groups (broad SMARTS) is 3. The zero-order valence-corrected chi connectivity index (χ0v) is 81.0. The maximum atomic E-state index is 14.2. The highest BCUT2D eigenvalue weighted by Gasteiger charge is 2.44. The van der Waals surface area contributed by atoms with Crippen LogP contribution in [0.3, 0.4) is 0 Å². The van der Waals surface area contributed by atoms with E-state index in [0.717, 1.165) is 63.0 Å². The van der Waals surface area contributed by atoms with Gasteiger partial charge in [0.15, 0.2) is 22.8 Å². The fraction of sp³-hybridized carbons (Fsp3) is 0.564. The van der Waals surface area contributed by atoms with E-state index in [1.54, 1.807) is 75.5 Å². The summed E-state index contributed by atoms with van der Waals surface area (Å²) < 4.78 is 83.0. The Kier molecular flexibility index (Phi) is 44.1. The van der Waals surface area contributed by atoms with E-state index in [1.807, 2.05) is 19.1 Å². The van der Waals surface area contributed by atoms with Crippen molar-refractivity contribution in [2.45, 2.75) is 185 Å². The van der Waals surface area contributed by atoms with E-state index < -0.39 is 101 Å². The molecule has 2 saturated heterocycles. The second-order valence-corrected chi connectivity index (χ2v) is 37.0. The van der Waals surface area contributed by atoms with Crippen molar-refractivity contribution in [3.05, 3.63) is 123 Å². The van der Waals surface area contributed by atoms with Gasteiger partial charge >= 0.3 is 30.2 Å². The van der Waals surface area contributed by atoms with Crippen LogP contribution in [-0.2, 0) is 101 Å². The Morgan fingerprint density at radius 3 is 2.02 bits per heavy atom. The molecule has 10 N–H and O–H groups in total. The molecule has 11 rings (SSSR count). The van der Waals surface area contributed by atoms with Gasteiger partial charge in [-0.1, -0.05) is 59.6 Å². The number of alkyl halides is 3. The molecule has 0 radical (unpaired) electrons. The van der Waals surface area contributed by atoms with Crippen LogP contribution in [0.5, 0.6) is 5.75 Å². The lowest BCUT2D eigenvalue weighted by Crippen LogP contribution is -2.55. The first-order valence-electron chi connectivity index (χ1n) is 46.8. The number of nitrogens with zero attached hydrogens (tertiary/aromatic N) is 10. The van der Waals surface area contributed by atoms with E-state index in [0.29, 0.717) is 137 Å². The molecule has 5 aliphatic rings. The van der Waals surface area contributed by atoms with Gasteiger partial charge in [0.25, 0.3) is 17.4 Å². The van der Waals surface area contributed by atoms with Gasteiger partial charge in [-0.05, 0) is 127 Å². The number of hydrogen-bond acceptors (Lipinski definition) is 34. The molecule has 6 aromatic rings. The fourth-order valence-corrected chi connectivity index (χ4v) is 19.0. The molecule has 7 amide bonds. The van der Waals surface area contributed by atoms with Gasteiger partial charge < -0.3 is 99.2 Å². The topological polar surface area (TPSA) is 553 Å². The molecule has 3 aromatic carbocycles. The number of likely N-dealkylation sites (N-methyl/N-ethyl adjacent to an activating group) is 1. The Balaban J connectivity index is 0.00000281. The summed E-state index contributed by atoms with van der Waals surface area (Å²) in [6.45, 7) is 10.8. The second kappa shape index (κ2) is 56.0. The molecule has 7 heterocycles. The predicted molar refractivity (Wildman–Crippen MR) is 510 cm³/mol. The number of hydrogen-bond donors (Lipinski definition) is 9. The summed E-state index contributed by atoms with van der Waals surface area (Å²) in [7, 11) is 5.87. The van der Waals surface area contributed by atoms with Crippen LogP contribution in [0.4, 0.5) is 46.8 Å². The number of methoxy groups -OCH3 is 1. The zero-order valence-electron chi connectivity index (χ0n) is 79.4. The minimum absolute atomic E-state index is 0.00308. The molecule has 42 nitrogen and oxygen atoms in total. The number of nitrogens with two attached hydrogens (primary N) is 1. The summed E-state index contributed by atoms with van der Waals surface area (Å²) in [4.78, 5) is 211. The predicted octanol–water partition coefficient (Wildman–Crippen LogP) is 7.89. The Bertz CT molecular complexity index is 5350. The molecule has 0 spiro atoms. The number of H-pyrrole nitrogens is 1. The molecule has 1 saturated carbocycles. The lowest BCUT2D eigenvalue weighted by Gasteiger charge is -2.43. The molecule has 768 valence electrons. The first-order chi connectivity index (χ1) is 67.7. The third kappa shape index (κ3) is 34.4. The number of rotatable bonds is 58. The van der Waals surface area contributed by atoms with Crippen LogP contribution in [0.2, 0.25) is 0 Å². The molecule has 47 heteroatoms. The number of carboxylic acids is 3. The van der Waals surface area contributed by atoms with Crippen molar-refractivity contribution in [1.82, 2.24) is 55.2 Å². The van der Waals surface area contributed by atoms with E-state index in [2.05, 4.69) is 51.0 Å². The van der Waals surface area contributed by atoms with Gasteiger partial charge in [-0.2, -0.15) is 18.2 Å². The summed E-state index contributed by atoms with van der Waals surface area (Å²) in [5.74, 6) is -7.13. The largest absolute Gasteiger partial charge is 0.496 e. The van der Waals surface area contributed by atoms with Crippen LogP contribution < -0.4 is 47.1 Å². The Hall–Kier alpha value is -12.0. The molecule has 141 heavy (non-hydrogen) atoms. The molecular formula is C94H123F3N16O26S2. The quantitative estimate of drug-likeness (QED) is 0.00758. The van der Waals surface area contributed by atoms with Crippen molar-refractivity contribution in [2.24, 2.45) is 11.8 Å². The van der Waals surface area contributed by atoms with Gasteiger partial charge in [-0.15, -0.1) is 0 Å². The molecule has 1 aliphatic carbocycles. The van der Waals surface area contributed by atoms with Crippen LogP contribution in [0, 0.1) is 11.8 Å². The lowest BCUT2D eigenvalue weighted by molar-refractivity contribution is -0.192. The van der Waals surface area contributed by atoms with E-state index in [4.69, 9.17) is 68.2 Å². The highest BCUT2D eigenvalue weighted by molar-refractivity contribution is 8.77. The zero-order chi connectivity index (χ0) is 102. The van der Waals surface area contributed by atoms with E-state index in [-0.39, 0.29) is 173 Å². The standard InChI is InChI=1S/C92H122N16O24S2.C2HF3O2/c1-6-73-88(118)104(4)75-53-95-78(100-83(75)108(73)66-11-7-8-12-66)50-62-17-16-61(49-77(62)124-5)76(111)47-59-26-29-105(30-27-59)31-35-127-36-32-106(55-80(113)98-71-15-9-14-69-70(71)54-107(87(69)117)74-24-25-79(112)101-85(74)115)92(123)132-57(2)58(3)134-133-56-63(89(119)120)48-68(110)28-34-126-38-40-129-42-44-131-46-45-130-43-41-128-39-37-125-33-10-13-67(109)22-23-72(90(121)122)99-84(114)60-18-20-64(21-19-60)94-51-65-52-96-82-81(97-65)86(116)103-91(93)102-82;3-2(4,5)1(6)7/h9,14-21,49,52-53,57-59,63,66,72-74,94H,6-8,10-13,22-48,50-51,54-56H2,1-5H3,(H,98,113)(H,99,114)(H,119,120)(H,121,122)(H,101,112,115)(H3,93,96,102,103,116);(H,6,7)/t57?,58?,63-,72+,73-,74?;/m1./s1. The van der Waals surface area contributed by atoms with Gasteiger partial charge in [0.05, 0.1) is 124 Å². The van der Waals surface area contributed by atoms with Crippen molar-refractivity contribution in [3.8, 4) is 5.75 Å². The normalized spacial score (nSPS) is 16.5. The number of aliphatic carboxylic acids is 3. The number of carbonyl (C=O) groups is 13. The highest BCUT2D eigenvalue weighted by atomic mass is 33.1. The smallest absolute Gasteiger partial charge is 0.490 e. The van der Waals surface area contributed by atoms with E-state index in [1.165, 1.54) is 49.7 Å². The van der Waals surface area contributed by atoms with Gasteiger partial charge in [0.1, 0.15) is 59.6 Å². The number of fused-ring (bicyclic) bond motifs is 3. The fourth-order valence-electron chi connectivity index (χ4n) is 16.2. The number of benzene rings is 3. The molecule has 3 aromatic heterocycles. The number of likely N-dealkylation sites (tertiary alicyclic amines) is 1. The number of carbonyl (C=O) groups excluding carboxylic acids is 10. The van der Waals surface area contributed by atoms with Crippen molar-refractivity contribution in [1.29, 1.82) is 0 Å². The number of amides is 7. The van der Waals surface area contributed by atoms with Crippen molar-refractivity contribution >= 4 is 138 Å². The second-order valence-electron chi connectivity index (χ2n) is 34.2. The summed E-state index contributed by atoms with van der Waals surface area (Å²) in [6, 6.07) is 14.4. The maximum Gasteiger partial charge on any atom is 0.490 e. The highest BCUT2D eigenvalue weighted by Crippen LogP contribution is 2.41. The number of Topliss-reactive ketones (excluding diaryl/α,β-unsaturated/α-hetero) is 3. The Morgan fingerprint density at radius 1 is 0.730 bits per heavy atom. The Labute approximate surface area is 819 Å². The average molecular weight is 2010 g/mol. The van der Waals surface area contributed by atoms with Crippen molar-refractivity contribution in [2.75, 3.05) is 171 Å². The number of anilines is 5. The average Bonchev–Trinajstić information content (AvgIpc) is 1.76. The maximum absolute atomic E-state index is 14.2. The number of imide groups is 1. The number of piperidine rings is 2. The number of ether oxygens (including phenoxy) is 9. The Morgan fingerprint density at radius 2 is 1.38 bits per heavy atom. The molecular weight excluding hydrogens is 1890 g/mol. The van der Waals surface area contributed by atoms with Gasteiger partial charge in [0.2, 0.25) is 29.6 Å². The van der Waals surface area contributed by atoms with Crippen LogP contribution in [0.15, 0.2) is 77.9 Å². The van der Waals surface area contributed by atoms with Crippen molar-refractivity contribution in [3.63, 3.8) is 0 Å². The van der Waals surface area contributed by atoms with Crippen LogP contribution >= 0.6 is 21.6 Å². The number of halogens is 3. The molecule has 4 aliphatic heterocycles. The van der Waals surface area contributed by atoms with Crippen molar-refractivity contribution < 1.29 is 133 Å². The molecule has 0 bridgehead atoms. The number of aromatic nitrogens is 6. The first-order valence-corrected chi connectivity index (χ1v) is 49.2. The van der Waals surface area contributed by atoms with E-state index >= 15 is 0 Å². The van der Waals surface area contributed by atoms with Gasteiger partial charge in [-0.25, -0.2) is 34.3 Å². The van der Waals surface area contributed by atoms with Crippen LogP contribution in [0.25, 0.3) is 11.2 Å². The lowest BCUT2D eigenvalue weighted by atomic mass is 9.89. The monoisotopic (exact) mass is 2010 g/mol. The number of nitrogen functional groups attached to an aromatic ring is 1. The van der Waals surface area contributed by atoms with Crippen LogP contribution in [0.1, 0.15) is 177 Å². The minimum atomic E-state index is -5.08. The van der Waals surface area contributed by atoms with Crippen LogP contribution in [-0.4, -0.2) is 324 Å². The third-order valence-corrected chi connectivity index (χ3v) is 27.2. The number of nitrogens with one attached hydrogen (secondary N) is 5. The SMILES string of the molecule is CC[C@@H]1C(=O)N(C)c2cnc(Cc3ccc(C(=O)CC4CCN(CCOCCN(CC(=O)Nc5cccc6c5CN(C5CCC(=O)NC5=O)C6=O)C(=O)OC(C)C(C)SSC[C@@H](CC(=O)CCOCCOCCOCCOCCOCCOCCCC(=O)CC[C@H](NC(=O)c5ccc(NCc6cnc7nc(N)[nH]c(=O)c7n6)cc5)C(=O)O)C(=O)O)CC4)cc3OC)nc2N1C1CCCC1.O=C(O)C(F)(F)F. The van der Waals surface area contributed by atoms with Gasteiger partial charge in [-0.3, -0.25) is 67.9 Å². The van der Waals surface area contributed by atoms with Gasteiger partial charge in [0, 0.05) is 134 Å². The number of ketones is 3. The summed E-state index contributed by atoms with van der Waals surface area (Å²) >= 11 is 0. The first kappa shape index (κ1) is 111. The third-order valence-electron chi connectivity index (χ3n) is 24.2.